The lowest BCUT2D eigenvalue weighted by Gasteiger charge is -2.06. The Labute approximate surface area is 123 Å². The monoisotopic (exact) mass is 308 g/mol. The Morgan fingerprint density at radius 3 is 2.76 bits per heavy atom. The quantitative estimate of drug-likeness (QED) is 0.660. The maximum atomic E-state index is 12.1. The SMILES string of the molecule is COc1ccc(NC(=O)c2sc(N)nc2C)cc1[N+](=O)[O-]. The molecule has 0 fully saturated rings. The molecule has 21 heavy (non-hydrogen) atoms. The molecule has 2 aromatic rings. The van der Waals surface area contributed by atoms with Crippen molar-refractivity contribution in [3.05, 3.63) is 38.9 Å². The van der Waals surface area contributed by atoms with Crippen LogP contribution in [-0.4, -0.2) is 22.9 Å². The van der Waals surface area contributed by atoms with E-state index in [0.29, 0.717) is 21.4 Å². The lowest BCUT2D eigenvalue weighted by molar-refractivity contribution is -0.385. The first kappa shape index (κ1) is 14.7. The average molecular weight is 308 g/mol. The molecule has 8 nitrogen and oxygen atoms in total. The normalized spacial score (nSPS) is 10.2. The minimum absolute atomic E-state index is 0.121. The number of nitrogens with one attached hydrogen (secondary N) is 1. The Morgan fingerprint density at radius 2 is 2.24 bits per heavy atom. The number of benzene rings is 1. The van der Waals surface area contributed by atoms with Crippen LogP contribution in [0.3, 0.4) is 0 Å². The summed E-state index contributed by atoms with van der Waals surface area (Å²) in [6, 6.07) is 4.17. The zero-order valence-electron chi connectivity index (χ0n) is 11.2. The molecule has 0 bridgehead atoms. The number of carbonyl (C=O) groups is 1. The average Bonchev–Trinajstić information content (AvgIpc) is 2.77. The third kappa shape index (κ3) is 3.08. The summed E-state index contributed by atoms with van der Waals surface area (Å²) in [5.74, 6) is -0.294. The van der Waals surface area contributed by atoms with E-state index in [9.17, 15) is 14.9 Å². The summed E-state index contributed by atoms with van der Waals surface area (Å²) in [5.41, 5.74) is 6.11. The van der Waals surface area contributed by atoms with Crippen LogP contribution < -0.4 is 15.8 Å². The number of hydrogen-bond acceptors (Lipinski definition) is 7. The zero-order valence-corrected chi connectivity index (χ0v) is 12.1. The maximum absolute atomic E-state index is 12.1. The molecule has 110 valence electrons. The number of hydrogen-bond donors (Lipinski definition) is 2. The number of amides is 1. The van der Waals surface area contributed by atoms with E-state index in [4.69, 9.17) is 10.5 Å². The molecule has 0 aliphatic carbocycles. The van der Waals surface area contributed by atoms with E-state index in [-0.39, 0.29) is 11.4 Å². The van der Waals surface area contributed by atoms with Crippen molar-refractivity contribution in [1.29, 1.82) is 0 Å². The number of nitrogens with zero attached hydrogens (tertiary/aromatic N) is 2. The number of nitro groups is 1. The number of anilines is 2. The van der Waals surface area contributed by atoms with Crippen LogP contribution in [0.5, 0.6) is 5.75 Å². The summed E-state index contributed by atoms with van der Waals surface area (Å²) >= 11 is 1.06. The molecule has 0 radical (unpaired) electrons. The first-order chi connectivity index (χ1) is 9.92. The molecular formula is C12H12N4O4S. The van der Waals surface area contributed by atoms with Crippen molar-refractivity contribution in [1.82, 2.24) is 4.98 Å². The molecule has 0 aliphatic rings. The Morgan fingerprint density at radius 1 is 1.52 bits per heavy atom. The number of aryl methyl sites for hydroxylation is 1. The molecule has 1 aromatic carbocycles. The van der Waals surface area contributed by atoms with Crippen LogP contribution in [0, 0.1) is 17.0 Å². The second-order valence-corrected chi connectivity index (χ2v) is 5.10. The van der Waals surface area contributed by atoms with E-state index >= 15 is 0 Å². The lowest BCUT2D eigenvalue weighted by Crippen LogP contribution is -2.11. The van der Waals surface area contributed by atoms with Gasteiger partial charge in [-0.3, -0.25) is 14.9 Å². The molecule has 9 heteroatoms. The van der Waals surface area contributed by atoms with E-state index in [1.165, 1.54) is 25.3 Å². The van der Waals surface area contributed by atoms with Gasteiger partial charge in [0.1, 0.15) is 4.88 Å². The second-order valence-electron chi connectivity index (χ2n) is 4.06. The highest BCUT2D eigenvalue weighted by atomic mass is 32.1. The van der Waals surface area contributed by atoms with Gasteiger partial charge in [-0.1, -0.05) is 11.3 Å². The molecular weight excluding hydrogens is 296 g/mol. The van der Waals surface area contributed by atoms with E-state index in [2.05, 4.69) is 10.3 Å². The van der Waals surface area contributed by atoms with Crippen LogP contribution >= 0.6 is 11.3 Å². The van der Waals surface area contributed by atoms with Gasteiger partial charge in [0.05, 0.1) is 17.7 Å². The molecule has 0 atom stereocenters. The van der Waals surface area contributed by atoms with Crippen molar-refractivity contribution in [3.63, 3.8) is 0 Å². The Hall–Kier alpha value is -2.68. The second kappa shape index (κ2) is 5.75. The summed E-state index contributed by atoms with van der Waals surface area (Å²) < 4.78 is 4.89. The molecule has 0 spiro atoms. The molecule has 0 saturated carbocycles. The number of methoxy groups -OCH3 is 1. The summed E-state index contributed by atoms with van der Waals surface area (Å²) in [4.78, 5) is 26.8. The van der Waals surface area contributed by atoms with Crippen molar-refractivity contribution in [2.45, 2.75) is 6.92 Å². The number of rotatable bonds is 4. The number of nitro benzene ring substituents is 1. The van der Waals surface area contributed by atoms with Gasteiger partial charge in [0.2, 0.25) is 0 Å². The van der Waals surface area contributed by atoms with E-state index < -0.39 is 10.8 Å². The highest BCUT2D eigenvalue weighted by Gasteiger charge is 2.18. The molecule has 2 rings (SSSR count). The van der Waals surface area contributed by atoms with Gasteiger partial charge >= 0.3 is 5.69 Å². The Balaban J connectivity index is 2.27. The van der Waals surface area contributed by atoms with Crippen LogP contribution in [0.25, 0.3) is 0 Å². The molecule has 1 heterocycles. The number of nitrogen functional groups attached to an aromatic ring is 1. The summed E-state index contributed by atoms with van der Waals surface area (Å²) in [6.07, 6.45) is 0. The predicted octanol–water partition coefficient (Wildman–Crippen LogP) is 2.20. The van der Waals surface area contributed by atoms with Crippen LogP contribution in [0.1, 0.15) is 15.4 Å². The molecule has 0 aliphatic heterocycles. The third-order valence-corrected chi connectivity index (χ3v) is 3.64. The number of aromatic nitrogens is 1. The van der Waals surface area contributed by atoms with E-state index in [0.717, 1.165) is 11.3 Å². The highest BCUT2D eigenvalue weighted by molar-refractivity contribution is 7.17. The van der Waals surface area contributed by atoms with Crippen molar-refractivity contribution in [2.75, 3.05) is 18.2 Å². The Kier molecular flexibility index (Phi) is 4.03. The van der Waals surface area contributed by atoms with Crippen LogP contribution in [0.2, 0.25) is 0 Å². The summed E-state index contributed by atoms with van der Waals surface area (Å²) in [7, 11) is 1.34. The Bertz CT molecular complexity index is 713. The molecule has 1 amide bonds. The van der Waals surface area contributed by atoms with Gasteiger partial charge in [0.25, 0.3) is 5.91 Å². The van der Waals surface area contributed by atoms with Gasteiger partial charge in [-0.15, -0.1) is 0 Å². The fourth-order valence-corrected chi connectivity index (χ4v) is 2.46. The molecule has 1 aromatic heterocycles. The predicted molar refractivity (Wildman–Crippen MR) is 78.9 cm³/mol. The minimum Gasteiger partial charge on any atom is -0.490 e. The van der Waals surface area contributed by atoms with E-state index in [1.54, 1.807) is 6.92 Å². The highest BCUT2D eigenvalue weighted by Crippen LogP contribution is 2.30. The van der Waals surface area contributed by atoms with Crippen molar-refractivity contribution in [3.8, 4) is 5.75 Å². The standard InChI is InChI=1S/C12H12N4O4S/c1-6-10(21-12(13)14-6)11(17)15-7-3-4-9(20-2)8(5-7)16(18)19/h3-5H,1-2H3,(H2,13,14)(H,15,17). The summed E-state index contributed by atoms with van der Waals surface area (Å²) in [6.45, 7) is 1.66. The van der Waals surface area contributed by atoms with Gasteiger partial charge < -0.3 is 15.8 Å². The first-order valence-corrected chi connectivity index (χ1v) is 6.60. The fourth-order valence-electron chi connectivity index (χ4n) is 1.73. The number of ether oxygens (including phenoxy) is 1. The molecule has 3 N–H and O–H groups in total. The lowest BCUT2D eigenvalue weighted by atomic mass is 10.2. The molecule has 0 unspecified atom stereocenters. The first-order valence-electron chi connectivity index (χ1n) is 5.79. The minimum atomic E-state index is -0.579. The molecule has 0 saturated heterocycles. The van der Waals surface area contributed by atoms with Gasteiger partial charge in [-0.05, 0) is 19.1 Å². The zero-order chi connectivity index (χ0) is 15.6. The van der Waals surface area contributed by atoms with Crippen LogP contribution in [0.15, 0.2) is 18.2 Å². The van der Waals surface area contributed by atoms with Crippen molar-refractivity contribution in [2.24, 2.45) is 0 Å². The largest absolute Gasteiger partial charge is 0.490 e. The summed E-state index contributed by atoms with van der Waals surface area (Å²) in [5, 5.41) is 13.8. The van der Waals surface area contributed by atoms with Crippen molar-refractivity contribution < 1.29 is 14.5 Å². The van der Waals surface area contributed by atoms with Gasteiger partial charge in [0.15, 0.2) is 10.9 Å². The topological polar surface area (TPSA) is 120 Å². The van der Waals surface area contributed by atoms with Crippen molar-refractivity contribution >= 4 is 33.8 Å². The maximum Gasteiger partial charge on any atom is 0.312 e. The van der Waals surface area contributed by atoms with Gasteiger partial charge in [0, 0.05) is 11.8 Å². The number of carbonyl (C=O) groups excluding carboxylic acids is 1. The smallest absolute Gasteiger partial charge is 0.312 e. The third-order valence-electron chi connectivity index (χ3n) is 2.65. The van der Waals surface area contributed by atoms with Gasteiger partial charge in [-0.2, -0.15) is 0 Å². The van der Waals surface area contributed by atoms with Crippen LogP contribution in [-0.2, 0) is 0 Å². The number of nitrogens with two attached hydrogens (primary N) is 1. The van der Waals surface area contributed by atoms with Crippen LogP contribution in [0.4, 0.5) is 16.5 Å². The number of thiazole rings is 1. The fraction of sp³-hybridized carbons (Fsp3) is 0.167. The van der Waals surface area contributed by atoms with Gasteiger partial charge in [-0.25, -0.2) is 4.98 Å². The van der Waals surface area contributed by atoms with E-state index in [1.807, 2.05) is 0 Å².